The third-order valence-electron chi connectivity index (χ3n) is 4.26. The third-order valence-corrected chi connectivity index (χ3v) is 5.30. The number of hydrogen-bond acceptors (Lipinski definition) is 3. The first-order valence-electron chi connectivity index (χ1n) is 8.44. The number of ether oxygens (including phenoxy) is 1. The van der Waals surface area contributed by atoms with Crippen molar-refractivity contribution in [2.75, 3.05) is 7.11 Å². The van der Waals surface area contributed by atoms with Crippen LogP contribution in [0.1, 0.15) is 16.7 Å². The molecule has 0 aliphatic carbocycles. The molecule has 0 atom stereocenters. The lowest BCUT2D eigenvalue weighted by Gasteiger charge is -2.04. The van der Waals surface area contributed by atoms with E-state index in [4.69, 9.17) is 4.74 Å². The Bertz CT molecular complexity index is 1040. The molecule has 0 aliphatic rings. The average molecular weight is 366 g/mol. The molecule has 3 aromatic rings. The van der Waals surface area contributed by atoms with Crippen LogP contribution in [0.4, 0.5) is 0 Å². The summed E-state index contributed by atoms with van der Waals surface area (Å²) in [6.45, 7) is 8.49. The van der Waals surface area contributed by atoms with E-state index in [0.29, 0.717) is 17.8 Å². The van der Waals surface area contributed by atoms with Crippen molar-refractivity contribution in [1.82, 2.24) is 4.57 Å². The normalized spacial score (nSPS) is 11.7. The number of carbonyl (C=O) groups is 1. The van der Waals surface area contributed by atoms with Gasteiger partial charge in [-0.2, -0.15) is 4.99 Å². The first kappa shape index (κ1) is 18.1. The molecule has 1 heterocycles. The minimum absolute atomic E-state index is 0.145. The second kappa shape index (κ2) is 7.70. The van der Waals surface area contributed by atoms with Crippen LogP contribution in [0.2, 0.25) is 0 Å². The van der Waals surface area contributed by atoms with Crippen molar-refractivity contribution in [3.63, 3.8) is 0 Å². The van der Waals surface area contributed by atoms with Crippen molar-refractivity contribution in [2.45, 2.75) is 26.8 Å². The van der Waals surface area contributed by atoms with E-state index in [9.17, 15) is 4.79 Å². The molecule has 0 radical (unpaired) electrons. The van der Waals surface area contributed by atoms with Crippen LogP contribution in [0.15, 0.2) is 54.0 Å². The Hall–Kier alpha value is -2.66. The molecule has 1 aromatic heterocycles. The Morgan fingerprint density at radius 1 is 1.27 bits per heavy atom. The first-order chi connectivity index (χ1) is 12.5. The van der Waals surface area contributed by atoms with Gasteiger partial charge >= 0.3 is 0 Å². The monoisotopic (exact) mass is 366 g/mol. The summed E-state index contributed by atoms with van der Waals surface area (Å²) in [4.78, 5) is 17.6. The summed E-state index contributed by atoms with van der Waals surface area (Å²) < 4.78 is 8.33. The SMILES string of the molecule is C=CCn1c(=NC(=O)Cc2ccc(C)cc2C)sc2cc(OC)ccc21. The zero-order valence-corrected chi connectivity index (χ0v) is 16.1. The Kier molecular flexibility index (Phi) is 5.38. The smallest absolute Gasteiger partial charge is 0.252 e. The molecule has 26 heavy (non-hydrogen) atoms. The first-order valence-corrected chi connectivity index (χ1v) is 9.25. The highest BCUT2D eigenvalue weighted by Crippen LogP contribution is 2.23. The van der Waals surface area contributed by atoms with Crippen molar-refractivity contribution in [1.29, 1.82) is 0 Å². The van der Waals surface area contributed by atoms with Gasteiger partial charge in [0.15, 0.2) is 4.80 Å². The number of amides is 1. The molecule has 4 nitrogen and oxygen atoms in total. The Labute approximate surface area is 157 Å². The van der Waals surface area contributed by atoms with E-state index >= 15 is 0 Å². The summed E-state index contributed by atoms with van der Waals surface area (Å²) in [5.74, 6) is 0.644. The van der Waals surface area contributed by atoms with Gasteiger partial charge in [-0.25, -0.2) is 0 Å². The number of carbonyl (C=O) groups excluding carboxylic acids is 1. The highest BCUT2D eigenvalue weighted by molar-refractivity contribution is 7.16. The lowest BCUT2D eigenvalue weighted by atomic mass is 10.0. The molecule has 0 saturated heterocycles. The van der Waals surface area contributed by atoms with Gasteiger partial charge in [-0.05, 0) is 43.2 Å². The van der Waals surface area contributed by atoms with E-state index in [2.05, 4.69) is 17.6 Å². The van der Waals surface area contributed by atoms with Crippen molar-refractivity contribution in [3.8, 4) is 5.75 Å². The maximum absolute atomic E-state index is 12.6. The Balaban J connectivity index is 2.00. The van der Waals surface area contributed by atoms with E-state index in [1.807, 2.05) is 54.8 Å². The van der Waals surface area contributed by atoms with Gasteiger partial charge in [-0.1, -0.05) is 41.2 Å². The van der Waals surface area contributed by atoms with E-state index in [-0.39, 0.29) is 5.91 Å². The Morgan fingerprint density at radius 3 is 2.77 bits per heavy atom. The molecular formula is C21H22N2O2S. The van der Waals surface area contributed by atoms with Gasteiger partial charge in [0.25, 0.3) is 5.91 Å². The zero-order chi connectivity index (χ0) is 18.7. The molecule has 0 aliphatic heterocycles. The molecule has 0 fully saturated rings. The zero-order valence-electron chi connectivity index (χ0n) is 15.3. The fourth-order valence-electron chi connectivity index (χ4n) is 2.92. The molecule has 2 aromatic carbocycles. The number of benzene rings is 2. The molecule has 0 saturated carbocycles. The van der Waals surface area contributed by atoms with Crippen LogP contribution in [-0.4, -0.2) is 17.6 Å². The van der Waals surface area contributed by atoms with E-state index in [0.717, 1.165) is 27.1 Å². The maximum Gasteiger partial charge on any atom is 0.252 e. The summed E-state index contributed by atoms with van der Waals surface area (Å²) in [5.41, 5.74) is 4.35. The topological polar surface area (TPSA) is 43.6 Å². The van der Waals surface area contributed by atoms with Crippen LogP contribution in [0, 0.1) is 13.8 Å². The largest absolute Gasteiger partial charge is 0.497 e. The van der Waals surface area contributed by atoms with Crippen LogP contribution in [0.5, 0.6) is 5.75 Å². The average Bonchev–Trinajstić information content (AvgIpc) is 2.94. The molecular weight excluding hydrogens is 344 g/mol. The number of rotatable bonds is 5. The van der Waals surface area contributed by atoms with Crippen molar-refractivity contribution in [3.05, 3.63) is 70.5 Å². The summed E-state index contributed by atoms with van der Waals surface area (Å²) in [6.07, 6.45) is 2.11. The Morgan fingerprint density at radius 2 is 2.08 bits per heavy atom. The predicted molar refractivity (Wildman–Crippen MR) is 107 cm³/mol. The molecule has 0 unspecified atom stereocenters. The van der Waals surface area contributed by atoms with Gasteiger partial charge in [-0.3, -0.25) is 4.79 Å². The van der Waals surface area contributed by atoms with Gasteiger partial charge in [0.05, 0.1) is 23.7 Å². The third kappa shape index (κ3) is 3.78. The molecule has 134 valence electrons. The minimum atomic E-state index is -0.145. The fraction of sp³-hybridized carbons (Fsp3) is 0.238. The van der Waals surface area contributed by atoms with Crippen molar-refractivity contribution >= 4 is 27.5 Å². The minimum Gasteiger partial charge on any atom is -0.497 e. The van der Waals surface area contributed by atoms with Crippen LogP contribution >= 0.6 is 11.3 Å². The number of allylic oxidation sites excluding steroid dienone is 1. The van der Waals surface area contributed by atoms with Crippen LogP contribution in [-0.2, 0) is 17.8 Å². The van der Waals surface area contributed by atoms with Gasteiger partial charge in [0.2, 0.25) is 0 Å². The number of thiazole rings is 1. The van der Waals surface area contributed by atoms with Crippen molar-refractivity contribution < 1.29 is 9.53 Å². The maximum atomic E-state index is 12.6. The van der Waals surface area contributed by atoms with Gasteiger partial charge in [0.1, 0.15) is 5.75 Å². The van der Waals surface area contributed by atoms with Gasteiger partial charge in [-0.15, -0.1) is 6.58 Å². The van der Waals surface area contributed by atoms with E-state index < -0.39 is 0 Å². The molecule has 3 rings (SSSR count). The lowest BCUT2D eigenvalue weighted by Crippen LogP contribution is -2.17. The predicted octanol–water partition coefficient (Wildman–Crippen LogP) is 4.18. The standard InChI is InChI=1S/C21H22N2O2S/c1-5-10-23-18-9-8-17(25-4)13-19(18)26-21(23)22-20(24)12-16-7-6-14(2)11-15(16)3/h5-9,11,13H,1,10,12H2,2-4H3. The van der Waals surface area contributed by atoms with Gasteiger partial charge in [0, 0.05) is 6.54 Å². The molecule has 1 amide bonds. The summed E-state index contributed by atoms with van der Waals surface area (Å²) in [5, 5.41) is 0. The van der Waals surface area contributed by atoms with Crippen LogP contribution in [0.25, 0.3) is 10.2 Å². The fourth-order valence-corrected chi connectivity index (χ4v) is 4.01. The number of nitrogens with zero attached hydrogens (tertiary/aromatic N) is 2. The van der Waals surface area contributed by atoms with E-state index in [1.54, 1.807) is 7.11 Å². The quantitative estimate of drug-likeness (QED) is 0.636. The lowest BCUT2D eigenvalue weighted by molar-refractivity contribution is -0.117. The molecule has 0 N–H and O–H groups in total. The molecule has 0 spiro atoms. The summed E-state index contributed by atoms with van der Waals surface area (Å²) in [7, 11) is 1.64. The molecule has 5 heteroatoms. The van der Waals surface area contributed by atoms with Crippen LogP contribution in [0.3, 0.4) is 0 Å². The number of methoxy groups -OCH3 is 1. The second-order valence-electron chi connectivity index (χ2n) is 6.23. The second-order valence-corrected chi connectivity index (χ2v) is 7.24. The number of aromatic nitrogens is 1. The van der Waals surface area contributed by atoms with Crippen LogP contribution < -0.4 is 9.54 Å². The van der Waals surface area contributed by atoms with Gasteiger partial charge < -0.3 is 9.30 Å². The molecule has 0 bridgehead atoms. The number of aryl methyl sites for hydroxylation is 2. The summed E-state index contributed by atoms with van der Waals surface area (Å²) in [6, 6.07) is 12.0. The number of hydrogen-bond donors (Lipinski definition) is 0. The highest BCUT2D eigenvalue weighted by Gasteiger charge is 2.10. The van der Waals surface area contributed by atoms with Crippen molar-refractivity contribution in [2.24, 2.45) is 4.99 Å². The van der Waals surface area contributed by atoms with E-state index in [1.165, 1.54) is 16.9 Å². The number of fused-ring (bicyclic) bond motifs is 1. The highest BCUT2D eigenvalue weighted by atomic mass is 32.1. The summed E-state index contributed by atoms with van der Waals surface area (Å²) >= 11 is 1.49.